The third-order valence-corrected chi connectivity index (χ3v) is 7.87. The summed E-state index contributed by atoms with van der Waals surface area (Å²) in [5, 5.41) is 3.32. The van der Waals surface area contributed by atoms with Gasteiger partial charge in [-0.25, -0.2) is 0 Å². The molecule has 2 amide bonds. The van der Waals surface area contributed by atoms with Gasteiger partial charge in [0, 0.05) is 31.0 Å². The Hall–Kier alpha value is -2.56. The summed E-state index contributed by atoms with van der Waals surface area (Å²) in [7, 11) is 0. The molecule has 1 N–H and O–H groups in total. The summed E-state index contributed by atoms with van der Waals surface area (Å²) >= 11 is 0. The first-order valence-electron chi connectivity index (χ1n) is 11.3. The number of carbonyl (C=O) groups is 2. The first-order chi connectivity index (χ1) is 14.6. The highest BCUT2D eigenvalue weighted by Crippen LogP contribution is 2.59. The zero-order valence-corrected chi connectivity index (χ0v) is 17.4. The lowest BCUT2D eigenvalue weighted by Crippen LogP contribution is -2.42. The normalized spacial score (nSPS) is 24.0. The molecule has 1 aliphatic heterocycles. The minimum absolute atomic E-state index is 0.0336. The predicted octanol–water partition coefficient (Wildman–Crippen LogP) is 4.15. The van der Waals surface area contributed by atoms with Gasteiger partial charge < -0.3 is 14.6 Å². The molecule has 0 radical (unpaired) electrons. The number of hydrogen-bond donors (Lipinski definition) is 1. The molecule has 2 saturated carbocycles. The fraction of sp³-hybridized carbons (Fsp3) is 0.520. The highest BCUT2D eigenvalue weighted by Gasteiger charge is 2.58. The van der Waals surface area contributed by atoms with E-state index < -0.39 is 0 Å². The molecular weight excluding hydrogens is 376 g/mol. The first-order valence-corrected chi connectivity index (χ1v) is 11.3. The maximum absolute atomic E-state index is 13.0. The van der Waals surface area contributed by atoms with Crippen LogP contribution in [0.3, 0.4) is 0 Å². The Morgan fingerprint density at radius 3 is 2.43 bits per heavy atom. The number of nitrogens with zero attached hydrogens (tertiary/aromatic N) is 1. The molecule has 0 bridgehead atoms. The van der Waals surface area contributed by atoms with E-state index in [4.69, 9.17) is 4.42 Å². The maximum Gasteiger partial charge on any atom is 0.257 e. The minimum atomic E-state index is 0.0336. The number of benzene rings is 1. The summed E-state index contributed by atoms with van der Waals surface area (Å²) in [6.45, 7) is 2.19. The van der Waals surface area contributed by atoms with E-state index >= 15 is 0 Å². The van der Waals surface area contributed by atoms with Crippen LogP contribution in [-0.4, -0.2) is 36.3 Å². The number of carbonyl (C=O) groups excluding carboxylic acids is 2. The van der Waals surface area contributed by atoms with Crippen LogP contribution in [-0.2, 0) is 10.2 Å². The van der Waals surface area contributed by atoms with Crippen LogP contribution < -0.4 is 5.32 Å². The predicted molar refractivity (Wildman–Crippen MR) is 114 cm³/mol. The Morgan fingerprint density at radius 1 is 1.03 bits per heavy atom. The molecule has 1 aromatic heterocycles. The summed E-state index contributed by atoms with van der Waals surface area (Å²) in [6.07, 6.45) is 10.6. The Morgan fingerprint density at radius 2 is 1.77 bits per heavy atom. The van der Waals surface area contributed by atoms with Crippen molar-refractivity contribution in [3.63, 3.8) is 0 Å². The molecule has 5 heteroatoms. The molecule has 2 aromatic rings. The topological polar surface area (TPSA) is 62.6 Å². The number of rotatable bonds is 5. The largest absolute Gasteiger partial charge is 0.472 e. The molecule has 3 aliphatic rings. The van der Waals surface area contributed by atoms with Gasteiger partial charge in [0.2, 0.25) is 5.91 Å². The lowest BCUT2D eigenvalue weighted by Gasteiger charge is -2.33. The van der Waals surface area contributed by atoms with E-state index in [-0.39, 0.29) is 28.6 Å². The molecule has 158 valence electrons. The Kier molecular flexibility index (Phi) is 4.92. The molecule has 30 heavy (non-hydrogen) atoms. The number of piperidine rings is 1. The second-order valence-corrected chi connectivity index (χ2v) is 9.49. The van der Waals surface area contributed by atoms with Gasteiger partial charge in [0.05, 0.1) is 11.8 Å². The molecule has 2 heterocycles. The van der Waals surface area contributed by atoms with Crippen molar-refractivity contribution < 1.29 is 14.0 Å². The highest BCUT2D eigenvalue weighted by atomic mass is 16.3. The van der Waals surface area contributed by atoms with Gasteiger partial charge in [-0.15, -0.1) is 0 Å². The van der Waals surface area contributed by atoms with Crippen molar-refractivity contribution in [3.05, 3.63) is 60.1 Å². The molecular formula is C25H30N2O3. The van der Waals surface area contributed by atoms with E-state index in [0.717, 1.165) is 51.7 Å². The van der Waals surface area contributed by atoms with Crippen molar-refractivity contribution in [3.8, 4) is 0 Å². The van der Waals surface area contributed by atoms with Gasteiger partial charge >= 0.3 is 0 Å². The smallest absolute Gasteiger partial charge is 0.257 e. The van der Waals surface area contributed by atoms with Crippen molar-refractivity contribution in [2.24, 2.45) is 11.3 Å². The molecule has 1 unspecified atom stereocenters. The average molecular weight is 407 g/mol. The van der Waals surface area contributed by atoms with Crippen molar-refractivity contribution in [1.82, 2.24) is 10.2 Å². The Labute approximate surface area is 177 Å². The summed E-state index contributed by atoms with van der Waals surface area (Å²) < 4.78 is 5.04. The maximum atomic E-state index is 13.0. The van der Waals surface area contributed by atoms with Gasteiger partial charge in [-0.1, -0.05) is 43.2 Å². The van der Waals surface area contributed by atoms with Gasteiger partial charge in [0.15, 0.2) is 0 Å². The van der Waals surface area contributed by atoms with Crippen LogP contribution in [0.4, 0.5) is 0 Å². The van der Waals surface area contributed by atoms with Crippen LogP contribution in [0.5, 0.6) is 0 Å². The molecule has 5 nitrogen and oxygen atoms in total. The summed E-state index contributed by atoms with van der Waals surface area (Å²) in [5.41, 5.74) is 2.17. The average Bonchev–Trinajstić information content (AvgIpc) is 3.19. The SMILES string of the molecule is O=C(NCC1(c2ccccc2)CCCC1)C1CC12CCN(C(=O)c1ccoc1)CC2. The third kappa shape index (κ3) is 3.44. The quantitative estimate of drug-likeness (QED) is 0.811. The van der Waals surface area contributed by atoms with Crippen molar-refractivity contribution in [1.29, 1.82) is 0 Å². The molecule has 3 fully saturated rings. The Bertz CT molecular complexity index is 892. The Balaban J connectivity index is 1.16. The van der Waals surface area contributed by atoms with Gasteiger partial charge in [0.25, 0.3) is 5.91 Å². The van der Waals surface area contributed by atoms with Gasteiger partial charge in [-0.05, 0) is 49.1 Å². The second-order valence-electron chi connectivity index (χ2n) is 9.49. The fourth-order valence-electron chi connectivity index (χ4n) is 5.79. The third-order valence-electron chi connectivity index (χ3n) is 7.87. The number of hydrogen-bond acceptors (Lipinski definition) is 3. The van der Waals surface area contributed by atoms with Crippen LogP contribution in [0.15, 0.2) is 53.3 Å². The van der Waals surface area contributed by atoms with Crippen LogP contribution in [0.25, 0.3) is 0 Å². The number of furan rings is 1. The fourth-order valence-corrected chi connectivity index (χ4v) is 5.79. The standard InChI is InChI=1S/C25H30N2O3/c28-22(26-18-25(9-4-5-10-25)20-6-2-1-3-7-20)21-16-24(21)11-13-27(14-12-24)23(29)19-8-15-30-17-19/h1-3,6-8,15,17,21H,4-5,9-14,16,18H2,(H,26,28). The van der Waals surface area contributed by atoms with E-state index in [9.17, 15) is 9.59 Å². The molecule has 1 saturated heterocycles. The van der Waals surface area contributed by atoms with Crippen LogP contribution in [0, 0.1) is 11.3 Å². The molecule has 2 aliphatic carbocycles. The summed E-state index contributed by atoms with van der Waals surface area (Å²) in [5.74, 6) is 0.357. The number of nitrogens with one attached hydrogen (secondary N) is 1. The molecule has 1 aromatic carbocycles. The van der Waals surface area contributed by atoms with E-state index in [1.54, 1.807) is 6.07 Å². The summed E-state index contributed by atoms with van der Waals surface area (Å²) in [6, 6.07) is 12.4. The van der Waals surface area contributed by atoms with Crippen LogP contribution in [0.1, 0.15) is 60.9 Å². The molecule has 1 atom stereocenters. The van der Waals surface area contributed by atoms with Crippen molar-refractivity contribution >= 4 is 11.8 Å². The van der Waals surface area contributed by atoms with Gasteiger partial charge in [-0.3, -0.25) is 9.59 Å². The van der Waals surface area contributed by atoms with Gasteiger partial charge in [-0.2, -0.15) is 0 Å². The highest BCUT2D eigenvalue weighted by molar-refractivity contribution is 5.94. The van der Waals surface area contributed by atoms with Crippen LogP contribution >= 0.6 is 0 Å². The number of likely N-dealkylation sites (tertiary alicyclic amines) is 1. The summed E-state index contributed by atoms with van der Waals surface area (Å²) in [4.78, 5) is 27.4. The van der Waals surface area contributed by atoms with E-state index in [1.807, 2.05) is 4.90 Å². The zero-order valence-electron chi connectivity index (χ0n) is 17.4. The monoisotopic (exact) mass is 406 g/mol. The van der Waals surface area contributed by atoms with E-state index in [1.165, 1.54) is 30.9 Å². The van der Waals surface area contributed by atoms with Crippen molar-refractivity contribution in [2.75, 3.05) is 19.6 Å². The van der Waals surface area contributed by atoms with Crippen molar-refractivity contribution in [2.45, 2.75) is 50.4 Å². The van der Waals surface area contributed by atoms with Crippen LogP contribution in [0.2, 0.25) is 0 Å². The zero-order chi connectivity index (χ0) is 20.6. The first kappa shape index (κ1) is 19.4. The lowest BCUT2D eigenvalue weighted by molar-refractivity contribution is -0.123. The van der Waals surface area contributed by atoms with Gasteiger partial charge in [0.1, 0.15) is 6.26 Å². The second kappa shape index (κ2) is 7.60. The van der Waals surface area contributed by atoms with E-state index in [2.05, 4.69) is 35.6 Å². The lowest BCUT2D eigenvalue weighted by atomic mass is 9.78. The number of amides is 2. The molecule has 1 spiro atoms. The van der Waals surface area contributed by atoms with E-state index in [0.29, 0.717) is 5.56 Å². The minimum Gasteiger partial charge on any atom is -0.472 e. The molecule has 5 rings (SSSR count).